The fourth-order valence-corrected chi connectivity index (χ4v) is 1.71. The van der Waals surface area contributed by atoms with E-state index in [0.717, 1.165) is 13.2 Å². The lowest BCUT2D eigenvalue weighted by atomic mass is 10.2. The molecule has 2 heteroatoms. The van der Waals surface area contributed by atoms with Crippen LogP contribution < -0.4 is 0 Å². The van der Waals surface area contributed by atoms with Crippen molar-refractivity contribution in [2.24, 2.45) is 0 Å². The van der Waals surface area contributed by atoms with Crippen LogP contribution in [-0.2, 0) is 18.0 Å². The zero-order valence-corrected chi connectivity index (χ0v) is 5.20. The molecule has 1 aromatic heterocycles. The standard InChI is InChI=1S/C6H6OS/c1-5-3-8-4-6(5)2-7-1/h3-4H,1-2H2. The topological polar surface area (TPSA) is 9.23 Å². The van der Waals surface area contributed by atoms with Crippen LogP contribution >= 0.6 is 11.3 Å². The number of thiophene rings is 1. The number of hydrogen-bond donors (Lipinski definition) is 0. The summed E-state index contributed by atoms with van der Waals surface area (Å²) in [4.78, 5) is 0. The molecule has 1 aliphatic heterocycles. The Morgan fingerprint density at radius 3 is 2.50 bits per heavy atom. The number of ether oxygens (including phenoxy) is 1. The highest BCUT2D eigenvalue weighted by atomic mass is 32.1. The molecule has 8 heavy (non-hydrogen) atoms. The van der Waals surface area contributed by atoms with Gasteiger partial charge in [-0.2, -0.15) is 11.3 Å². The zero-order valence-electron chi connectivity index (χ0n) is 4.39. The second-order valence-corrected chi connectivity index (χ2v) is 2.66. The zero-order chi connectivity index (χ0) is 5.40. The minimum atomic E-state index is 0.832. The quantitative estimate of drug-likeness (QED) is 0.515. The van der Waals surface area contributed by atoms with E-state index in [0.29, 0.717) is 0 Å². The first kappa shape index (κ1) is 4.53. The number of rotatable bonds is 0. The summed E-state index contributed by atoms with van der Waals surface area (Å²) in [6.07, 6.45) is 0. The first-order valence-electron chi connectivity index (χ1n) is 2.58. The summed E-state index contributed by atoms with van der Waals surface area (Å²) < 4.78 is 5.16. The largest absolute Gasteiger partial charge is 0.372 e. The normalized spacial score (nSPS) is 16.5. The molecule has 0 saturated carbocycles. The van der Waals surface area contributed by atoms with Crippen molar-refractivity contribution in [3.63, 3.8) is 0 Å². The Kier molecular flexibility index (Phi) is 0.889. The predicted octanol–water partition coefficient (Wildman–Crippen LogP) is 1.78. The molecule has 0 N–H and O–H groups in total. The SMILES string of the molecule is c1scc2c1COC2. The van der Waals surface area contributed by atoms with E-state index in [4.69, 9.17) is 4.74 Å². The van der Waals surface area contributed by atoms with Crippen LogP contribution in [0.3, 0.4) is 0 Å². The van der Waals surface area contributed by atoms with E-state index in [1.807, 2.05) is 0 Å². The lowest BCUT2D eigenvalue weighted by Gasteiger charge is -1.82. The van der Waals surface area contributed by atoms with Gasteiger partial charge in [0.15, 0.2) is 0 Å². The van der Waals surface area contributed by atoms with Gasteiger partial charge in [-0.15, -0.1) is 0 Å². The summed E-state index contributed by atoms with van der Waals surface area (Å²) in [6.45, 7) is 1.66. The van der Waals surface area contributed by atoms with Crippen molar-refractivity contribution >= 4 is 11.3 Å². The van der Waals surface area contributed by atoms with Gasteiger partial charge < -0.3 is 4.74 Å². The maximum atomic E-state index is 5.16. The summed E-state index contributed by atoms with van der Waals surface area (Å²) >= 11 is 1.76. The van der Waals surface area contributed by atoms with Crippen molar-refractivity contribution in [2.75, 3.05) is 0 Å². The maximum absolute atomic E-state index is 5.16. The second kappa shape index (κ2) is 1.57. The summed E-state index contributed by atoms with van der Waals surface area (Å²) in [5.41, 5.74) is 2.77. The van der Waals surface area contributed by atoms with Crippen molar-refractivity contribution in [3.8, 4) is 0 Å². The molecule has 0 aromatic carbocycles. The van der Waals surface area contributed by atoms with E-state index >= 15 is 0 Å². The Morgan fingerprint density at radius 2 is 1.88 bits per heavy atom. The van der Waals surface area contributed by atoms with Gasteiger partial charge >= 0.3 is 0 Å². The minimum absolute atomic E-state index is 0.832. The predicted molar refractivity (Wildman–Crippen MR) is 32.8 cm³/mol. The fourth-order valence-electron chi connectivity index (χ4n) is 0.874. The van der Waals surface area contributed by atoms with Gasteiger partial charge in [0.25, 0.3) is 0 Å². The summed E-state index contributed by atoms with van der Waals surface area (Å²) in [7, 11) is 0. The molecule has 0 spiro atoms. The molecule has 1 nitrogen and oxygen atoms in total. The van der Waals surface area contributed by atoms with E-state index in [-0.39, 0.29) is 0 Å². The van der Waals surface area contributed by atoms with Gasteiger partial charge in [0.05, 0.1) is 13.2 Å². The van der Waals surface area contributed by atoms with Gasteiger partial charge in [0, 0.05) is 0 Å². The van der Waals surface area contributed by atoms with Gasteiger partial charge in [-0.3, -0.25) is 0 Å². The third-order valence-electron chi connectivity index (χ3n) is 1.35. The second-order valence-electron chi connectivity index (χ2n) is 1.92. The molecule has 0 amide bonds. The van der Waals surface area contributed by atoms with Gasteiger partial charge in [-0.05, 0) is 21.9 Å². The van der Waals surface area contributed by atoms with Gasteiger partial charge in [-0.25, -0.2) is 0 Å². The van der Waals surface area contributed by atoms with Crippen LogP contribution in [-0.4, -0.2) is 0 Å². The van der Waals surface area contributed by atoms with Crippen LogP contribution in [0.4, 0.5) is 0 Å². The average molecular weight is 126 g/mol. The van der Waals surface area contributed by atoms with Gasteiger partial charge in [0.1, 0.15) is 0 Å². The molecule has 0 fully saturated rings. The van der Waals surface area contributed by atoms with Crippen molar-refractivity contribution in [1.29, 1.82) is 0 Å². The van der Waals surface area contributed by atoms with Crippen molar-refractivity contribution in [2.45, 2.75) is 13.2 Å². The van der Waals surface area contributed by atoms with Crippen molar-refractivity contribution in [1.82, 2.24) is 0 Å². The van der Waals surface area contributed by atoms with Crippen LogP contribution in [0.5, 0.6) is 0 Å². The molecule has 0 aliphatic carbocycles. The number of fused-ring (bicyclic) bond motifs is 1. The van der Waals surface area contributed by atoms with Crippen LogP contribution in [0.15, 0.2) is 10.8 Å². The molecule has 0 saturated heterocycles. The Bertz CT molecular complexity index is 174. The molecule has 1 aromatic rings. The van der Waals surface area contributed by atoms with Crippen LogP contribution in [0, 0.1) is 0 Å². The molecule has 0 unspecified atom stereocenters. The third kappa shape index (κ3) is 0.501. The summed E-state index contributed by atoms with van der Waals surface area (Å²) in [6, 6.07) is 0. The summed E-state index contributed by atoms with van der Waals surface area (Å²) in [5, 5.41) is 4.31. The molecular weight excluding hydrogens is 120 g/mol. The van der Waals surface area contributed by atoms with E-state index < -0.39 is 0 Å². The molecule has 2 rings (SSSR count). The highest BCUT2D eigenvalue weighted by Gasteiger charge is 2.09. The van der Waals surface area contributed by atoms with Crippen LogP contribution in [0.2, 0.25) is 0 Å². The highest BCUT2D eigenvalue weighted by molar-refractivity contribution is 7.08. The fraction of sp³-hybridized carbons (Fsp3) is 0.333. The first-order valence-corrected chi connectivity index (χ1v) is 3.53. The summed E-state index contributed by atoms with van der Waals surface area (Å²) in [5.74, 6) is 0. The minimum Gasteiger partial charge on any atom is -0.372 e. The smallest absolute Gasteiger partial charge is 0.0733 e. The van der Waals surface area contributed by atoms with E-state index in [1.54, 1.807) is 11.3 Å². The number of hydrogen-bond acceptors (Lipinski definition) is 2. The van der Waals surface area contributed by atoms with E-state index in [9.17, 15) is 0 Å². The highest BCUT2D eigenvalue weighted by Crippen LogP contribution is 2.22. The van der Waals surface area contributed by atoms with Crippen LogP contribution in [0.25, 0.3) is 0 Å². The lowest BCUT2D eigenvalue weighted by Crippen LogP contribution is -1.72. The third-order valence-corrected chi connectivity index (χ3v) is 2.19. The Hall–Kier alpha value is -0.340. The van der Waals surface area contributed by atoms with E-state index in [2.05, 4.69) is 10.8 Å². The van der Waals surface area contributed by atoms with E-state index in [1.165, 1.54) is 11.1 Å². The molecular formula is C6H6OS. The molecule has 0 atom stereocenters. The average Bonchev–Trinajstić information content (AvgIpc) is 2.15. The first-order chi connectivity index (χ1) is 3.97. The molecule has 2 heterocycles. The Balaban J connectivity index is 2.54. The van der Waals surface area contributed by atoms with Gasteiger partial charge in [-0.1, -0.05) is 0 Å². The lowest BCUT2D eigenvalue weighted by molar-refractivity contribution is 0.134. The van der Waals surface area contributed by atoms with Crippen molar-refractivity contribution < 1.29 is 4.74 Å². The Labute approximate surface area is 51.9 Å². The molecule has 0 radical (unpaired) electrons. The van der Waals surface area contributed by atoms with Crippen molar-refractivity contribution in [3.05, 3.63) is 21.9 Å². The maximum Gasteiger partial charge on any atom is 0.0733 e. The molecule has 42 valence electrons. The van der Waals surface area contributed by atoms with Crippen LogP contribution in [0.1, 0.15) is 11.1 Å². The molecule has 1 aliphatic rings. The molecule has 0 bridgehead atoms. The Morgan fingerprint density at radius 1 is 1.25 bits per heavy atom. The monoisotopic (exact) mass is 126 g/mol. The van der Waals surface area contributed by atoms with Gasteiger partial charge in [0.2, 0.25) is 0 Å².